The second-order valence-electron chi connectivity index (χ2n) is 3.00. The SMILES string of the molecule is COc1cc(C=O)cc(Br)c1OCC(Cl)=CCl. The van der Waals surface area contributed by atoms with E-state index in [9.17, 15) is 4.79 Å². The van der Waals surface area contributed by atoms with Crippen LogP contribution in [0.1, 0.15) is 10.4 Å². The Morgan fingerprint density at radius 2 is 2.24 bits per heavy atom. The lowest BCUT2D eigenvalue weighted by Gasteiger charge is -2.12. The van der Waals surface area contributed by atoms with Crippen molar-refractivity contribution in [2.24, 2.45) is 0 Å². The van der Waals surface area contributed by atoms with Gasteiger partial charge in [-0.1, -0.05) is 23.2 Å². The quantitative estimate of drug-likeness (QED) is 0.761. The first-order valence-electron chi connectivity index (χ1n) is 4.52. The Morgan fingerprint density at radius 3 is 2.76 bits per heavy atom. The van der Waals surface area contributed by atoms with E-state index in [-0.39, 0.29) is 6.61 Å². The second kappa shape index (κ2) is 6.89. The topological polar surface area (TPSA) is 35.5 Å². The first kappa shape index (κ1) is 14.4. The Balaban J connectivity index is 3.01. The summed E-state index contributed by atoms with van der Waals surface area (Å²) in [5.41, 5.74) is 1.71. The minimum Gasteiger partial charge on any atom is -0.493 e. The van der Waals surface area contributed by atoms with Crippen molar-refractivity contribution in [1.29, 1.82) is 0 Å². The number of benzene rings is 1. The van der Waals surface area contributed by atoms with Crippen LogP contribution in [0.4, 0.5) is 0 Å². The van der Waals surface area contributed by atoms with Gasteiger partial charge in [-0.3, -0.25) is 4.79 Å². The third kappa shape index (κ3) is 3.91. The second-order valence-corrected chi connectivity index (χ2v) is 4.55. The van der Waals surface area contributed by atoms with E-state index in [2.05, 4.69) is 15.9 Å². The van der Waals surface area contributed by atoms with Crippen LogP contribution in [-0.4, -0.2) is 20.0 Å². The fourth-order valence-corrected chi connectivity index (χ4v) is 1.81. The Labute approximate surface area is 117 Å². The first-order valence-corrected chi connectivity index (χ1v) is 6.13. The molecule has 1 aromatic carbocycles. The Kier molecular flexibility index (Phi) is 5.82. The van der Waals surface area contributed by atoms with Crippen LogP contribution in [-0.2, 0) is 0 Å². The molecule has 0 atom stereocenters. The molecule has 3 nitrogen and oxygen atoms in total. The summed E-state index contributed by atoms with van der Waals surface area (Å²) in [7, 11) is 1.49. The molecular weight excluding hydrogens is 331 g/mol. The van der Waals surface area contributed by atoms with Crippen LogP contribution >= 0.6 is 39.1 Å². The van der Waals surface area contributed by atoms with Gasteiger partial charge in [-0.05, 0) is 28.1 Å². The fourth-order valence-electron chi connectivity index (χ4n) is 1.12. The number of halogens is 3. The summed E-state index contributed by atoms with van der Waals surface area (Å²) in [5.74, 6) is 0.912. The molecule has 0 unspecified atom stereocenters. The molecule has 0 spiro atoms. The Morgan fingerprint density at radius 1 is 1.53 bits per heavy atom. The number of ether oxygens (including phenoxy) is 2. The molecule has 0 bridgehead atoms. The van der Waals surface area contributed by atoms with Gasteiger partial charge in [-0.15, -0.1) is 0 Å². The van der Waals surface area contributed by atoms with Crippen molar-refractivity contribution < 1.29 is 14.3 Å². The summed E-state index contributed by atoms with van der Waals surface area (Å²) < 4.78 is 11.2. The van der Waals surface area contributed by atoms with Crippen molar-refractivity contribution in [3.63, 3.8) is 0 Å². The average Bonchev–Trinajstić information content (AvgIpc) is 2.35. The molecule has 0 saturated heterocycles. The maximum atomic E-state index is 10.7. The summed E-state index contributed by atoms with van der Waals surface area (Å²) in [6.07, 6.45) is 0.725. The smallest absolute Gasteiger partial charge is 0.175 e. The van der Waals surface area contributed by atoms with E-state index in [4.69, 9.17) is 32.7 Å². The van der Waals surface area contributed by atoms with Crippen LogP contribution in [0.5, 0.6) is 11.5 Å². The molecule has 0 aromatic heterocycles. The molecule has 17 heavy (non-hydrogen) atoms. The van der Waals surface area contributed by atoms with Gasteiger partial charge in [0.15, 0.2) is 11.5 Å². The highest BCUT2D eigenvalue weighted by Gasteiger charge is 2.11. The molecule has 0 N–H and O–H groups in total. The summed E-state index contributed by atoms with van der Waals surface area (Å²) in [6.45, 7) is 0.125. The zero-order chi connectivity index (χ0) is 12.8. The van der Waals surface area contributed by atoms with Crippen LogP contribution in [0.2, 0.25) is 0 Å². The van der Waals surface area contributed by atoms with Gasteiger partial charge >= 0.3 is 0 Å². The third-order valence-corrected chi connectivity index (χ3v) is 3.04. The lowest BCUT2D eigenvalue weighted by molar-refractivity contribution is 0.112. The molecule has 0 aliphatic carbocycles. The molecule has 0 amide bonds. The molecule has 92 valence electrons. The van der Waals surface area contributed by atoms with E-state index in [0.717, 1.165) is 6.29 Å². The van der Waals surface area contributed by atoms with E-state index < -0.39 is 0 Å². The van der Waals surface area contributed by atoms with E-state index in [1.165, 1.54) is 12.6 Å². The number of methoxy groups -OCH3 is 1. The van der Waals surface area contributed by atoms with Crippen molar-refractivity contribution in [2.45, 2.75) is 0 Å². The Bertz CT molecular complexity index is 447. The zero-order valence-electron chi connectivity index (χ0n) is 8.88. The molecule has 0 aliphatic heterocycles. The van der Waals surface area contributed by atoms with Gasteiger partial charge in [0.1, 0.15) is 12.9 Å². The molecule has 0 radical (unpaired) electrons. The molecule has 0 saturated carbocycles. The predicted molar refractivity (Wildman–Crippen MR) is 71.4 cm³/mol. The standard InChI is InChI=1S/C11H9BrCl2O3/c1-16-10-3-7(5-15)2-9(12)11(10)17-6-8(14)4-13/h2-5H,6H2,1H3. The minimum atomic E-state index is 0.125. The van der Waals surface area contributed by atoms with E-state index in [0.29, 0.717) is 26.6 Å². The predicted octanol–water partition coefficient (Wildman–Crippen LogP) is 3.97. The van der Waals surface area contributed by atoms with Crippen molar-refractivity contribution in [1.82, 2.24) is 0 Å². The van der Waals surface area contributed by atoms with Crippen molar-refractivity contribution >= 4 is 45.4 Å². The van der Waals surface area contributed by atoms with Gasteiger partial charge < -0.3 is 9.47 Å². The highest BCUT2D eigenvalue weighted by Crippen LogP contribution is 2.36. The van der Waals surface area contributed by atoms with Gasteiger partial charge in [0, 0.05) is 11.1 Å². The largest absolute Gasteiger partial charge is 0.493 e. The summed E-state index contributed by atoms with van der Waals surface area (Å²) in [5, 5.41) is 0.361. The molecule has 0 heterocycles. The third-order valence-electron chi connectivity index (χ3n) is 1.86. The van der Waals surface area contributed by atoms with Crippen LogP contribution in [0.15, 0.2) is 27.2 Å². The molecule has 0 aliphatic rings. The number of carbonyl (C=O) groups excluding carboxylic acids is 1. The highest BCUT2D eigenvalue weighted by molar-refractivity contribution is 9.10. The molecule has 1 rings (SSSR count). The van der Waals surface area contributed by atoms with Crippen LogP contribution in [0.3, 0.4) is 0 Å². The number of hydrogen-bond acceptors (Lipinski definition) is 3. The average molecular weight is 340 g/mol. The van der Waals surface area contributed by atoms with Crippen LogP contribution in [0.25, 0.3) is 0 Å². The van der Waals surface area contributed by atoms with Crippen molar-refractivity contribution in [3.05, 3.63) is 32.7 Å². The Hall–Kier alpha value is -0.710. The highest BCUT2D eigenvalue weighted by atomic mass is 79.9. The van der Waals surface area contributed by atoms with Crippen molar-refractivity contribution in [2.75, 3.05) is 13.7 Å². The summed E-state index contributed by atoms with van der Waals surface area (Å²) >= 11 is 14.4. The summed E-state index contributed by atoms with van der Waals surface area (Å²) in [4.78, 5) is 10.7. The van der Waals surface area contributed by atoms with E-state index in [1.54, 1.807) is 12.1 Å². The lowest BCUT2D eigenvalue weighted by atomic mass is 10.2. The molecular formula is C11H9BrCl2O3. The minimum absolute atomic E-state index is 0.125. The van der Waals surface area contributed by atoms with E-state index in [1.807, 2.05) is 0 Å². The van der Waals surface area contributed by atoms with Crippen LogP contribution in [0, 0.1) is 0 Å². The van der Waals surface area contributed by atoms with Gasteiger partial charge in [-0.25, -0.2) is 0 Å². The first-order chi connectivity index (χ1) is 8.12. The van der Waals surface area contributed by atoms with Gasteiger partial charge in [0.25, 0.3) is 0 Å². The number of carbonyl (C=O) groups is 1. The van der Waals surface area contributed by atoms with Crippen molar-refractivity contribution in [3.8, 4) is 11.5 Å². The number of hydrogen-bond donors (Lipinski definition) is 0. The maximum Gasteiger partial charge on any atom is 0.175 e. The van der Waals surface area contributed by atoms with Gasteiger partial charge in [0.2, 0.25) is 0 Å². The van der Waals surface area contributed by atoms with Crippen LogP contribution < -0.4 is 9.47 Å². The van der Waals surface area contributed by atoms with Gasteiger partial charge in [0.05, 0.1) is 16.6 Å². The monoisotopic (exact) mass is 338 g/mol. The molecule has 6 heteroatoms. The van der Waals surface area contributed by atoms with E-state index >= 15 is 0 Å². The molecule has 1 aromatic rings. The lowest BCUT2D eigenvalue weighted by Crippen LogP contribution is -2.00. The zero-order valence-corrected chi connectivity index (χ0v) is 12.0. The maximum absolute atomic E-state index is 10.7. The summed E-state index contributed by atoms with van der Waals surface area (Å²) in [6, 6.07) is 3.20. The molecule has 0 fully saturated rings. The fraction of sp³-hybridized carbons (Fsp3) is 0.182. The number of rotatable bonds is 5. The normalized spacial score (nSPS) is 11.2. The van der Waals surface area contributed by atoms with Gasteiger partial charge in [-0.2, -0.15) is 0 Å². The number of aldehydes is 1.